The molecule has 0 aliphatic rings. The van der Waals surface area contributed by atoms with E-state index >= 15 is 0 Å². The van der Waals surface area contributed by atoms with E-state index in [0.29, 0.717) is 59.7 Å². The van der Waals surface area contributed by atoms with Gasteiger partial charge in [-0.25, -0.2) is 0 Å². The highest BCUT2D eigenvalue weighted by Crippen LogP contribution is 2.43. The number of hydrogen-bond donors (Lipinski definition) is 0. The third-order valence-electron chi connectivity index (χ3n) is 19.9. The predicted octanol–water partition coefficient (Wildman–Crippen LogP) is 26.9. The maximum atomic E-state index is 6.88. The molecule has 0 saturated heterocycles. The number of rotatable bonds is 46. The molecule has 0 N–H and O–H groups in total. The molecule has 0 unspecified atom stereocenters. The van der Waals surface area contributed by atoms with Crippen LogP contribution < -0.4 is 18.9 Å². The van der Waals surface area contributed by atoms with Crippen molar-refractivity contribution in [3.05, 3.63) is 81.4 Å². The van der Waals surface area contributed by atoms with E-state index in [4.69, 9.17) is 18.9 Å². The SMILES string of the molecule is CCCCCCCCCCOc1cc(C#C[Si](C(C)C)(C(C)C)C(C)C)c(OCCCCCCCCCC)cc1C#Cc1cc(C#Cc2cc(OCCCCCCCCCC)c(C#C[Si](C(C)C)(C(C)C)C(C)C)cc2OCCCCCCCCCC)cc(C#C[Si](C)(C)C)c1. The van der Waals surface area contributed by atoms with Gasteiger partial charge in [-0.1, -0.05) is 352 Å². The Morgan fingerprint density at radius 1 is 0.250 bits per heavy atom. The molecule has 0 aliphatic carbocycles. The van der Waals surface area contributed by atoms with Crippen LogP contribution in [0.5, 0.6) is 23.0 Å². The largest absolute Gasteiger partial charge is 0.492 e. The maximum absolute atomic E-state index is 6.88. The zero-order valence-corrected chi connectivity index (χ0v) is 68.6. The van der Waals surface area contributed by atoms with Crippen molar-refractivity contribution in [2.75, 3.05) is 26.4 Å². The highest BCUT2D eigenvalue weighted by atomic mass is 28.3. The minimum absolute atomic E-state index is 0.507. The molecule has 0 atom stereocenters. The highest BCUT2D eigenvalue weighted by molar-refractivity contribution is 6.91. The van der Waals surface area contributed by atoms with Crippen molar-refractivity contribution in [1.82, 2.24) is 0 Å². The fourth-order valence-corrected chi connectivity index (χ4v) is 25.2. The van der Waals surface area contributed by atoms with Crippen LogP contribution in [0.4, 0.5) is 0 Å². The Bertz CT molecular complexity index is 2740. The number of ether oxygens (including phenoxy) is 4. The summed E-state index contributed by atoms with van der Waals surface area (Å²) in [5.41, 5.74) is 20.8. The molecule has 96 heavy (non-hydrogen) atoms. The van der Waals surface area contributed by atoms with Gasteiger partial charge >= 0.3 is 0 Å². The van der Waals surface area contributed by atoms with Crippen molar-refractivity contribution in [3.8, 4) is 81.1 Å². The average molecular weight is 1360 g/mol. The van der Waals surface area contributed by atoms with Crippen LogP contribution in [0.1, 0.15) is 355 Å². The molecule has 0 aromatic heterocycles. The predicted molar refractivity (Wildman–Crippen MR) is 430 cm³/mol. The molecule has 3 aromatic rings. The molecule has 3 rings (SSSR count). The van der Waals surface area contributed by atoms with Crippen molar-refractivity contribution >= 4 is 24.2 Å². The first-order valence-corrected chi connectivity index (χ1v) is 47.7. The zero-order valence-electron chi connectivity index (χ0n) is 65.6. The normalized spacial score (nSPS) is 11.7. The lowest BCUT2D eigenvalue weighted by Gasteiger charge is -2.38. The first-order valence-electron chi connectivity index (χ1n) is 39.8. The van der Waals surface area contributed by atoms with Crippen LogP contribution in [-0.2, 0) is 0 Å². The van der Waals surface area contributed by atoms with Gasteiger partial charge in [0.1, 0.15) is 47.2 Å². The van der Waals surface area contributed by atoms with E-state index in [9.17, 15) is 0 Å². The van der Waals surface area contributed by atoms with Gasteiger partial charge in [0.15, 0.2) is 0 Å². The third-order valence-corrected chi connectivity index (χ3v) is 33.4. The molecular formula is C89H142O4Si3. The smallest absolute Gasteiger partial charge is 0.146 e. The topological polar surface area (TPSA) is 36.9 Å². The summed E-state index contributed by atoms with van der Waals surface area (Å²) in [5, 5.41) is 0. The first kappa shape index (κ1) is 85.5. The molecule has 0 spiro atoms. The summed E-state index contributed by atoms with van der Waals surface area (Å²) in [6.45, 7) is 47.3. The van der Waals surface area contributed by atoms with Crippen molar-refractivity contribution in [1.29, 1.82) is 0 Å². The van der Waals surface area contributed by atoms with E-state index in [1.165, 1.54) is 154 Å². The zero-order chi connectivity index (χ0) is 70.6. The van der Waals surface area contributed by atoms with Crippen LogP contribution in [0, 0.1) is 58.1 Å². The molecule has 0 saturated carbocycles. The lowest BCUT2D eigenvalue weighted by Crippen LogP contribution is -2.43. The summed E-state index contributed by atoms with van der Waals surface area (Å²) in [6, 6.07) is 15.0. The first-order chi connectivity index (χ1) is 46.1. The summed E-state index contributed by atoms with van der Waals surface area (Å²) < 4.78 is 27.5. The molecular weight excluding hydrogens is 1220 g/mol. The molecule has 534 valence electrons. The summed E-state index contributed by atoms with van der Waals surface area (Å²) in [7, 11) is -5.91. The van der Waals surface area contributed by atoms with Crippen LogP contribution in [0.2, 0.25) is 52.9 Å². The van der Waals surface area contributed by atoms with E-state index in [1.54, 1.807) is 0 Å². The molecule has 7 heteroatoms. The quantitative estimate of drug-likeness (QED) is 0.0321. The van der Waals surface area contributed by atoms with Crippen LogP contribution in [-0.4, -0.2) is 50.6 Å². The Balaban J connectivity index is 2.38. The van der Waals surface area contributed by atoms with Crippen LogP contribution >= 0.6 is 0 Å². The van der Waals surface area contributed by atoms with Gasteiger partial charge in [-0.15, -0.1) is 16.6 Å². The van der Waals surface area contributed by atoms with E-state index in [1.807, 2.05) is 0 Å². The molecule has 4 nitrogen and oxygen atoms in total. The van der Waals surface area contributed by atoms with Gasteiger partial charge < -0.3 is 18.9 Å². The molecule has 3 aromatic carbocycles. The lowest BCUT2D eigenvalue weighted by atomic mass is 10.0. The fourth-order valence-electron chi connectivity index (χ4n) is 14.3. The standard InChI is InChI=1S/C89H142O4Si3/c1-20-24-28-32-36-40-44-48-59-90-86-71-84(57-64-95(73(5)6,74(7)8)75(9)10)88(92-61-50-46-42-38-34-30-26-22-3)69-82(86)54-52-79-66-80(68-81(67-79)56-63-94(17,18)19)53-55-83-70-89(93-62-51-47-43-39-35-31-27-23-4)85(58-65-96(76(11)12,77(13)14)78(15)16)72-87(83)91-60-49-45-41-37-33-29-25-21-2/h66-78H,20-51,59-62H2,1-19H3. The minimum atomic E-state index is -2.08. The van der Waals surface area contributed by atoms with Gasteiger partial charge in [0, 0.05) is 41.0 Å². The van der Waals surface area contributed by atoms with Gasteiger partial charge in [-0.05, 0) is 77.1 Å². The number of unbranched alkanes of at least 4 members (excludes halogenated alkanes) is 28. The van der Waals surface area contributed by atoms with Crippen LogP contribution in [0.15, 0.2) is 42.5 Å². The molecule has 0 radical (unpaired) electrons. The second-order valence-corrected chi connectivity index (χ2v) is 47.0. The van der Waals surface area contributed by atoms with Crippen molar-refractivity contribution in [2.45, 2.75) is 369 Å². The van der Waals surface area contributed by atoms with Gasteiger partial charge in [-0.3, -0.25) is 0 Å². The average Bonchev–Trinajstić information content (AvgIpc) is 0.866. The lowest BCUT2D eigenvalue weighted by molar-refractivity contribution is 0.295. The molecule has 0 fully saturated rings. The molecule has 0 bridgehead atoms. The van der Waals surface area contributed by atoms with Crippen LogP contribution in [0.25, 0.3) is 0 Å². The Labute approximate surface area is 597 Å². The molecule has 0 aliphatic heterocycles. The van der Waals surface area contributed by atoms with Crippen LogP contribution in [0.3, 0.4) is 0 Å². The van der Waals surface area contributed by atoms with Crippen molar-refractivity contribution < 1.29 is 18.9 Å². The van der Waals surface area contributed by atoms with Crippen molar-refractivity contribution in [3.63, 3.8) is 0 Å². The Hall–Kier alpha value is -4.69. The van der Waals surface area contributed by atoms with Crippen molar-refractivity contribution in [2.24, 2.45) is 0 Å². The summed E-state index contributed by atoms with van der Waals surface area (Å²) >= 11 is 0. The molecule has 0 heterocycles. The maximum Gasteiger partial charge on any atom is 0.146 e. The Morgan fingerprint density at radius 3 is 0.677 bits per heavy atom. The summed E-state index contributed by atoms with van der Waals surface area (Å²) in [6.07, 6.45) is 39.7. The Kier molecular flexibility index (Phi) is 43.6. The minimum Gasteiger partial charge on any atom is -0.492 e. The van der Waals surface area contributed by atoms with Gasteiger partial charge in [0.05, 0.1) is 48.7 Å². The Morgan fingerprint density at radius 2 is 0.458 bits per heavy atom. The second-order valence-electron chi connectivity index (χ2n) is 31.1. The fraction of sp³-hybridized carbons (Fsp3) is 0.685. The van der Waals surface area contributed by atoms with Gasteiger partial charge in [0.2, 0.25) is 0 Å². The number of benzene rings is 3. The number of hydrogen-bond acceptors (Lipinski definition) is 4. The van der Waals surface area contributed by atoms with Gasteiger partial charge in [0.25, 0.3) is 0 Å². The summed E-state index contributed by atoms with van der Waals surface area (Å²) in [4.78, 5) is 0. The van der Waals surface area contributed by atoms with E-state index in [-0.39, 0.29) is 0 Å². The second kappa shape index (κ2) is 48.9. The molecule has 0 amide bonds. The third kappa shape index (κ3) is 32.1. The van der Waals surface area contributed by atoms with E-state index < -0.39 is 24.2 Å². The monoisotopic (exact) mass is 1360 g/mol. The summed E-state index contributed by atoms with van der Waals surface area (Å²) in [5.74, 6) is 29.0. The van der Waals surface area contributed by atoms with E-state index in [0.717, 1.165) is 113 Å². The van der Waals surface area contributed by atoms with Gasteiger partial charge in [-0.2, -0.15) is 0 Å². The highest BCUT2D eigenvalue weighted by Gasteiger charge is 2.43. The van der Waals surface area contributed by atoms with E-state index in [2.05, 4.69) is 231 Å².